The van der Waals surface area contributed by atoms with Gasteiger partial charge in [-0.05, 0) is 50.7 Å². The molecule has 0 radical (unpaired) electrons. The molecule has 0 spiro atoms. The van der Waals surface area contributed by atoms with Crippen LogP contribution in [0.4, 0.5) is 4.79 Å². The van der Waals surface area contributed by atoms with Crippen molar-refractivity contribution in [3.8, 4) is 0 Å². The normalized spacial score (nSPS) is 24.5. The van der Waals surface area contributed by atoms with E-state index in [1.165, 1.54) is 0 Å². The molecule has 5 heteroatoms. The Morgan fingerprint density at radius 1 is 1.35 bits per heavy atom. The minimum atomic E-state index is -1.76. The molecular weight excluding hydrogens is 270 g/mol. The third-order valence-electron chi connectivity index (χ3n) is 4.89. The van der Waals surface area contributed by atoms with Gasteiger partial charge in [0.25, 0.3) is 0 Å². The lowest BCUT2D eigenvalue weighted by atomic mass is 9.92. The van der Waals surface area contributed by atoms with Gasteiger partial charge in [0.1, 0.15) is 0 Å². The molecule has 1 rings (SSSR count). The highest BCUT2D eigenvalue weighted by atomic mass is 28.4. The number of carbonyl (C=O) groups is 1. The van der Waals surface area contributed by atoms with E-state index in [2.05, 4.69) is 33.9 Å². The molecule has 0 aliphatic heterocycles. The highest BCUT2D eigenvalue weighted by Gasteiger charge is 2.40. The summed E-state index contributed by atoms with van der Waals surface area (Å²) in [4.78, 5) is 12.8. The number of carboxylic acid groups (broad SMARTS) is 1. The van der Waals surface area contributed by atoms with Crippen molar-refractivity contribution < 1.29 is 14.3 Å². The molecule has 4 nitrogen and oxygen atoms in total. The van der Waals surface area contributed by atoms with Gasteiger partial charge in [0.15, 0.2) is 8.32 Å². The maximum absolute atomic E-state index is 11.3. The minimum Gasteiger partial charge on any atom is -0.465 e. The second kappa shape index (κ2) is 6.48. The number of hydrogen-bond donors (Lipinski definition) is 1. The fourth-order valence-electron chi connectivity index (χ4n) is 2.65. The van der Waals surface area contributed by atoms with Crippen LogP contribution in [0.25, 0.3) is 0 Å². The molecule has 0 aromatic rings. The average Bonchev–Trinajstić information content (AvgIpc) is 2.27. The van der Waals surface area contributed by atoms with Crippen LogP contribution in [0.3, 0.4) is 0 Å². The zero-order chi connectivity index (χ0) is 15.6. The monoisotopic (exact) mass is 301 g/mol. The zero-order valence-corrected chi connectivity index (χ0v) is 14.9. The predicted molar refractivity (Wildman–Crippen MR) is 84.7 cm³/mol. The first-order valence-corrected chi connectivity index (χ1v) is 10.7. The Kier molecular flexibility index (Phi) is 5.67. The van der Waals surface area contributed by atoms with E-state index in [-0.39, 0.29) is 17.2 Å². The van der Waals surface area contributed by atoms with Gasteiger partial charge in [-0.2, -0.15) is 0 Å². The van der Waals surface area contributed by atoms with Gasteiger partial charge in [0, 0.05) is 18.7 Å². The third-order valence-corrected chi connectivity index (χ3v) is 9.43. The van der Waals surface area contributed by atoms with Gasteiger partial charge in [0.05, 0.1) is 0 Å². The first-order valence-electron chi connectivity index (χ1n) is 7.76. The number of hydrogen-bond acceptors (Lipinski definition) is 2. The molecule has 20 heavy (non-hydrogen) atoms. The summed E-state index contributed by atoms with van der Waals surface area (Å²) >= 11 is 0. The Hall–Kier alpha value is -0.553. The van der Waals surface area contributed by atoms with Crippen molar-refractivity contribution in [1.29, 1.82) is 0 Å². The fraction of sp³-hybridized carbons (Fsp3) is 0.933. The second-order valence-electron chi connectivity index (χ2n) is 7.39. The molecule has 1 fully saturated rings. The summed E-state index contributed by atoms with van der Waals surface area (Å²) in [7, 11) is -1.76. The van der Waals surface area contributed by atoms with Crippen LogP contribution in [0.15, 0.2) is 0 Å². The molecule has 0 heterocycles. The Balaban J connectivity index is 2.68. The van der Waals surface area contributed by atoms with Crippen LogP contribution >= 0.6 is 0 Å². The first kappa shape index (κ1) is 17.5. The number of amides is 1. The Morgan fingerprint density at radius 2 is 1.95 bits per heavy atom. The van der Waals surface area contributed by atoms with E-state index in [1.807, 2.05) is 6.92 Å². The van der Waals surface area contributed by atoms with Crippen LogP contribution in [-0.4, -0.2) is 43.1 Å². The van der Waals surface area contributed by atoms with Gasteiger partial charge in [0.2, 0.25) is 0 Å². The molecule has 0 saturated heterocycles. The summed E-state index contributed by atoms with van der Waals surface area (Å²) in [6.07, 6.45) is 3.38. The van der Waals surface area contributed by atoms with Crippen LogP contribution in [0.1, 0.15) is 53.4 Å². The molecule has 1 aliphatic carbocycles. The van der Waals surface area contributed by atoms with E-state index in [9.17, 15) is 9.90 Å². The van der Waals surface area contributed by atoms with Gasteiger partial charge in [-0.3, -0.25) is 0 Å². The van der Waals surface area contributed by atoms with Crippen LogP contribution in [0, 0.1) is 0 Å². The summed E-state index contributed by atoms with van der Waals surface area (Å²) in [5, 5.41) is 9.47. The van der Waals surface area contributed by atoms with E-state index in [0.717, 1.165) is 25.7 Å². The molecule has 118 valence electrons. The predicted octanol–water partition coefficient (Wildman–Crippen LogP) is 4.32. The van der Waals surface area contributed by atoms with E-state index in [1.54, 1.807) is 4.90 Å². The summed E-state index contributed by atoms with van der Waals surface area (Å²) in [6, 6.07) is 0.126. The Labute approximate surface area is 124 Å². The van der Waals surface area contributed by atoms with Gasteiger partial charge < -0.3 is 14.4 Å². The smallest absolute Gasteiger partial charge is 0.407 e. The van der Waals surface area contributed by atoms with E-state index in [4.69, 9.17) is 4.43 Å². The fourth-order valence-corrected chi connectivity index (χ4v) is 4.05. The highest BCUT2D eigenvalue weighted by Crippen LogP contribution is 2.39. The Morgan fingerprint density at radius 3 is 2.40 bits per heavy atom. The van der Waals surface area contributed by atoms with E-state index in [0.29, 0.717) is 6.54 Å². The SMILES string of the molecule is CCN(C(=O)O)C1CCCC(O[Si](C)(C)C(C)(C)C)C1. The van der Waals surface area contributed by atoms with E-state index < -0.39 is 14.4 Å². The van der Waals surface area contributed by atoms with Gasteiger partial charge >= 0.3 is 6.09 Å². The quantitative estimate of drug-likeness (QED) is 0.787. The topological polar surface area (TPSA) is 49.8 Å². The number of nitrogens with zero attached hydrogens (tertiary/aromatic N) is 1. The molecule has 1 saturated carbocycles. The molecule has 1 amide bonds. The molecule has 0 aromatic carbocycles. The first-order chi connectivity index (χ1) is 9.08. The summed E-state index contributed by atoms with van der Waals surface area (Å²) < 4.78 is 6.47. The third kappa shape index (κ3) is 4.22. The second-order valence-corrected chi connectivity index (χ2v) is 12.1. The largest absolute Gasteiger partial charge is 0.465 e. The van der Waals surface area contributed by atoms with Crippen molar-refractivity contribution in [2.75, 3.05) is 6.54 Å². The van der Waals surface area contributed by atoms with Crippen molar-refractivity contribution in [2.24, 2.45) is 0 Å². The van der Waals surface area contributed by atoms with Crippen LogP contribution in [0.2, 0.25) is 18.1 Å². The van der Waals surface area contributed by atoms with Crippen molar-refractivity contribution in [2.45, 2.75) is 83.7 Å². The molecule has 1 aliphatic rings. The summed E-state index contributed by atoms with van der Waals surface area (Å²) in [6.45, 7) is 13.7. The molecule has 2 atom stereocenters. The minimum absolute atomic E-state index is 0.126. The maximum Gasteiger partial charge on any atom is 0.407 e. The summed E-state index contributed by atoms with van der Waals surface area (Å²) in [5.74, 6) is 0. The van der Waals surface area contributed by atoms with Crippen molar-refractivity contribution >= 4 is 14.4 Å². The van der Waals surface area contributed by atoms with Crippen molar-refractivity contribution in [3.05, 3.63) is 0 Å². The number of rotatable bonds is 4. The average molecular weight is 302 g/mol. The van der Waals surface area contributed by atoms with Crippen LogP contribution in [-0.2, 0) is 4.43 Å². The van der Waals surface area contributed by atoms with Crippen molar-refractivity contribution in [1.82, 2.24) is 4.90 Å². The van der Waals surface area contributed by atoms with Crippen LogP contribution in [0.5, 0.6) is 0 Å². The molecule has 0 bridgehead atoms. The van der Waals surface area contributed by atoms with Crippen molar-refractivity contribution in [3.63, 3.8) is 0 Å². The van der Waals surface area contributed by atoms with Crippen LogP contribution < -0.4 is 0 Å². The lowest BCUT2D eigenvalue weighted by molar-refractivity contribution is 0.0669. The molecule has 1 N–H and O–H groups in total. The van der Waals surface area contributed by atoms with E-state index >= 15 is 0 Å². The lowest BCUT2D eigenvalue weighted by Gasteiger charge is -2.43. The molecule has 2 unspecified atom stereocenters. The zero-order valence-electron chi connectivity index (χ0n) is 13.9. The Bertz CT molecular complexity index is 339. The van der Waals surface area contributed by atoms with Gasteiger partial charge in [-0.15, -0.1) is 0 Å². The lowest BCUT2D eigenvalue weighted by Crippen LogP contribution is -2.48. The standard InChI is InChI=1S/C15H31NO3Si/c1-7-16(14(17)18)12-9-8-10-13(11-12)19-20(5,6)15(2,3)4/h12-13H,7-11H2,1-6H3,(H,17,18). The highest BCUT2D eigenvalue weighted by molar-refractivity contribution is 6.74. The molecule has 0 aromatic heterocycles. The molecular formula is C15H31NO3Si. The summed E-state index contributed by atoms with van der Waals surface area (Å²) in [5.41, 5.74) is 0. The van der Waals surface area contributed by atoms with Gasteiger partial charge in [-0.25, -0.2) is 4.79 Å². The van der Waals surface area contributed by atoms with Gasteiger partial charge in [-0.1, -0.05) is 20.8 Å². The maximum atomic E-state index is 11.3.